The molecule has 0 aliphatic rings. The van der Waals surface area contributed by atoms with E-state index >= 15 is 0 Å². The molecule has 0 aliphatic carbocycles. The van der Waals surface area contributed by atoms with Crippen molar-refractivity contribution in [2.75, 3.05) is 11.9 Å². The van der Waals surface area contributed by atoms with Crippen LogP contribution in [0.3, 0.4) is 0 Å². The third-order valence-electron chi connectivity index (χ3n) is 2.40. The zero-order chi connectivity index (χ0) is 13.8. The zero-order valence-corrected chi connectivity index (χ0v) is 10.9. The molecule has 2 aromatic rings. The zero-order valence-electron chi connectivity index (χ0n) is 10.1. The van der Waals surface area contributed by atoms with Gasteiger partial charge in [-0.3, -0.25) is 14.9 Å². The van der Waals surface area contributed by atoms with Crippen LogP contribution >= 0.6 is 11.3 Å². The number of nitrogens with one attached hydrogen (secondary N) is 1. The van der Waals surface area contributed by atoms with Gasteiger partial charge in [0, 0.05) is 12.6 Å². The molecule has 0 aliphatic heterocycles. The Hall–Kier alpha value is -2.28. The molecule has 0 amide bonds. The molecule has 0 unspecified atom stereocenters. The average Bonchev–Trinajstić information content (AvgIpc) is 2.87. The first kappa shape index (κ1) is 13.2. The maximum absolute atomic E-state index is 12.2. The molecule has 0 spiro atoms. The molecule has 0 atom stereocenters. The Labute approximate surface area is 113 Å². The molecule has 1 N–H and O–H groups in total. The maximum atomic E-state index is 12.2. The van der Waals surface area contributed by atoms with E-state index in [9.17, 15) is 14.9 Å². The summed E-state index contributed by atoms with van der Waals surface area (Å²) in [5.41, 5.74) is -0.106. The molecule has 1 aromatic heterocycles. The van der Waals surface area contributed by atoms with Crippen molar-refractivity contribution in [3.8, 4) is 0 Å². The number of hydrogen-bond donors (Lipinski definition) is 1. The van der Waals surface area contributed by atoms with E-state index in [4.69, 9.17) is 0 Å². The van der Waals surface area contributed by atoms with Crippen LogP contribution in [-0.2, 0) is 0 Å². The van der Waals surface area contributed by atoms with Crippen molar-refractivity contribution in [2.24, 2.45) is 0 Å². The molecular formula is C12H11N3O3S. The van der Waals surface area contributed by atoms with E-state index in [0.29, 0.717) is 16.6 Å². The van der Waals surface area contributed by atoms with Gasteiger partial charge in [0.1, 0.15) is 5.56 Å². The number of hydrogen-bond acceptors (Lipinski definition) is 6. The van der Waals surface area contributed by atoms with Crippen molar-refractivity contribution < 1.29 is 9.72 Å². The Balaban J connectivity index is 2.35. The minimum Gasteiger partial charge on any atom is -0.362 e. The van der Waals surface area contributed by atoms with E-state index in [1.807, 2.05) is 6.92 Å². The molecule has 0 bridgehead atoms. The van der Waals surface area contributed by atoms with Crippen molar-refractivity contribution in [1.29, 1.82) is 0 Å². The van der Waals surface area contributed by atoms with E-state index in [1.165, 1.54) is 35.7 Å². The van der Waals surface area contributed by atoms with E-state index in [-0.39, 0.29) is 17.0 Å². The third-order valence-corrected chi connectivity index (χ3v) is 3.36. The predicted octanol–water partition coefficient (Wildman–Crippen LogP) is 2.71. The van der Waals surface area contributed by atoms with Gasteiger partial charge in [-0.25, -0.2) is 4.98 Å². The fourth-order valence-electron chi connectivity index (χ4n) is 1.57. The van der Waals surface area contributed by atoms with Gasteiger partial charge in [-0.1, -0.05) is 23.5 Å². The molecular weight excluding hydrogens is 266 g/mol. The highest BCUT2D eigenvalue weighted by molar-refractivity contribution is 7.17. The van der Waals surface area contributed by atoms with Crippen LogP contribution in [0.25, 0.3) is 0 Å². The Morgan fingerprint density at radius 1 is 1.47 bits per heavy atom. The lowest BCUT2D eigenvalue weighted by atomic mass is 10.1. The lowest BCUT2D eigenvalue weighted by Crippen LogP contribution is -2.03. The molecule has 6 nitrogen and oxygen atoms in total. The maximum Gasteiger partial charge on any atom is 0.280 e. The van der Waals surface area contributed by atoms with Crippen LogP contribution in [0.2, 0.25) is 0 Å². The number of nitro groups is 1. The Morgan fingerprint density at radius 2 is 2.21 bits per heavy atom. The molecule has 1 aromatic carbocycles. The lowest BCUT2D eigenvalue weighted by Gasteiger charge is -1.99. The van der Waals surface area contributed by atoms with Gasteiger partial charge in [-0.15, -0.1) is 0 Å². The van der Waals surface area contributed by atoms with E-state index in [0.717, 1.165) is 0 Å². The quantitative estimate of drug-likeness (QED) is 0.516. The fourth-order valence-corrected chi connectivity index (χ4v) is 2.41. The molecule has 0 saturated heterocycles. The second-order valence-electron chi connectivity index (χ2n) is 3.66. The summed E-state index contributed by atoms with van der Waals surface area (Å²) < 4.78 is 0. The molecule has 98 valence electrons. The van der Waals surface area contributed by atoms with Crippen LogP contribution in [0.1, 0.15) is 22.2 Å². The first-order chi connectivity index (χ1) is 9.13. The third kappa shape index (κ3) is 2.76. The Morgan fingerprint density at radius 3 is 2.89 bits per heavy atom. The van der Waals surface area contributed by atoms with Gasteiger partial charge < -0.3 is 5.32 Å². The van der Waals surface area contributed by atoms with Crippen molar-refractivity contribution in [3.05, 3.63) is 51.0 Å². The number of ketones is 1. The minimum absolute atomic E-state index is 0.0826. The fraction of sp³-hybridized carbons (Fsp3) is 0.167. The summed E-state index contributed by atoms with van der Waals surface area (Å²) in [7, 11) is 0. The molecule has 1 heterocycles. The van der Waals surface area contributed by atoms with Crippen LogP contribution in [0.5, 0.6) is 0 Å². The number of nitrogens with zero attached hydrogens (tertiary/aromatic N) is 2. The van der Waals surface area contributed by atoms with Crippen LogP contribution < -0.4 is 5.32 Å². The van der Waals surface area contributed by atoms with Gasteiger partial charge in [0.05, 0.1) is 16.0 Å². The normalized spacial score (nSPS) is 10.2. The average molecular weight is 277 g/mol. The van der Waals surface area contributed by atoms with Crippen LogP contribution in [-0.4, -0.2) is 22.2 Å². The number of anilines is 1. The van der Waals surface area contributed by atoms with Gasteiger partial charge in [0.25, 0.3) is 5.69 Å². The van der Waals surface area contributed by atoms with Gasteiger partial charge in [0.2, 0.25) is 5.78 Å². The molecule has 0 fully saturated rings. The van der Waals surface area contributed by atoms with Crippen molar-refractivity contribution >= 4 is 27.9 Å². The van der Waals surface area contributed by atoms with E-state index in [2.05, 4.69) is 10.3 Å². The van der Waals surface area contributed by atoms with Crippen LogP contribution in [0.15, 0.2) is 30.5 Å². The first-order valence-corrected chi connectivity index (χ1v) is 6.43. The number of nitro benzene ring substituents is 1. The number of rotatable bonds is 5. The highest BCUT2D eigenvalue weighted by Gasteiger charge is 2.22. The van der Waals surface area contributed by atoms with Gasteiger partial charge >= 0.3 is 0 Å². The molecule has 7 heteroatoms. The monoisotopic (exact) mass is 277 g/mol. The molecule has 0 saturated carbocycles. The summed E-state index contributed by atoms with van der Waals surface area (Å²) in [4.78, 5) is 27.0. The summed E-state index contributed by atoms with van der Waals surface area (Å²) in [5.74, 6) is -0.381. The standard InChI is InChI=1S/C12H11N3O3S/c1-2-13-12-14-7-10(19-12)11(16)8-5-3-4-6-9(8)15(17)18/h3-7H,2H2,1H3,(H,13,14). The first-order valence-electron chi connectivity index (χ1n) is 5.61. The van der Waals surface area contributed by atoms with Crippen molar-refractivity contribution in [1.82, 2.24) is 4.98 Å². The molecule has 0 radical (unpaired) electrons. The second-order valence-corrected chi connectivity index (χ2v) is 4.69. The van der Waals surface area contributed by atoms with Crippen molar-refractivity contribution in [2.45, 2.75) is 6.92 Å². The smallest absolute Gasteiger partial charge is 0.280 e. The summed E-state index contributed by atoms with van der Waals surface area (Å²) in [6.45, 7) is 2.62. The molecule has 19 heavy (non-hydrogen) atoms. The topological polar surface area (TPSA) is 85.1 Å². The SMILES string of the molecule is CCNc1ncc(C(=O)c2ccccc2[N+](=O)[O-])s1. The minimum atomic E-state index is -0.556. The van der Waals surface area contributed by atoms with Gasteiger partial charge in [-0.05, 0) is 13.0 Å². The predicted molar refractivity (Wildman–Crippen MR) is 72.8 cm³/mol. The summed E-state index contributed by atoms with van der Waals surface area (Å²) >= 11 is 1.19. The number of aromatic nitrogens is 1. The lowest BCUT2D eigenvalue weighted by molar-refractivity contribution is -0.385. The largest absolute Gasteiger partial charge is 0.362 e. The Kier molecular flexibility index (Phi) is 3.86. The van der Waals surface area contributed by atoms with Crippen molar-refractivity contribution in [3.63, 3.8) is 0 Å². The molecule has 2 rings (SSSR count). The number of thiazole rings is 1. The second kappa shape index (κ2) is 5.57. The summed E-state index contributed by atoms with van der Waals surface area (Å²) in [6.07, 6.45) is 1.43. The van der Waals surface area contributed by atoms with Gasteiger partial charge in [0.15, 0.2) is 5.13 Å². The number of benzene rings is 1. The Bertz CT molecular complexity index is 624. The van der Waals surface area contributed by atoms with E-state index in [1.54, 1.807) is 6.07 Å². The summed E-state index contributed by atoms with van der Waals surface area (Å²) in [6, 6.07) is 5.91. The number of carbonyl (C=O) groups is 1. The summed E-state index contributed by atoms with van der Waals surface area (Å²) in [5, 5.41) is 14.5. The number of carbonyl (C=O) groups excluding carboxylic acids is 1. The van der Waals surface area contributed by atoms with Crippen LogP contribution in [0, 0.1) is 10.1 Å². The highest BCUT2D eigenvalue weighted by atomic mass is 32.1. The van der Waals surface area contributed by atoms with Gasteiger partial charge in [-0.2, -0.15) is 0 Å². The number of para-hydroxylation sites is 1. The van der Waals surface area contributed by atoms with E-state index < -0.39 is 4.92 Å². The highest BCUT2D eigenvalue weighted by Crippen LogP contribution is 2.25. The van der Waals surface area contributed by atoms with Crippen LogP contribution in [0.4, 0.5) is 10.8 Å².